The molecule has 0 aromatic carbocycles. The summed E-state index contributed by atoms with van der Waals surface area (Å²) in [7, 11) is -17.2. The lowest BCUT2D eigenvalue weighted by molar-refractivity contribution is -0.461. The first kappa shape index (κ1) is 103. The molecule has 0 aromatic rings. The summed E-state index contributed by atoms with van der Waals surface area (Å²) in [5.74, 6) is -181. The average molecular weight is 1700 g/mol. The van der Waals surface area contributed by atoms with Crippen LogP contribution in [0.25, 0.3) is 0 Å². The van der Waals surface area contributed by atoms with Gasteiger partial charge in [-0.1, -0.05) is 6.92 Å². The van der Waals surface area contributed by atoms with E-state index < -0.39 is 215 Å². The SMILES string of the molecule is CC(CO)(CO)CO.O=S(=O)(O)CCC(F)(F)C(F)(F)C(F)(F)C(F)(F)C(F)(F)C(F)(F)C(F)(F)C(F)(F)F.O=S(=O)(O)CCC(F)(F)C(F)(F)C(F)(F)C(F)(F)C(F)(F)C(F)(F)C(F)(F)C(F)(F)F.O=S(=O)(O)CCC(F)(F)C(F)(F)C(F)(F)C(F)(F)C(F)(F)C(F)(F)C(F)(F)C(F)(F)F. The van der Waals surface area contributed by atoms with E-state index in [1.54, 1.807) is 6.92 Å². The van der Waals surface area contributed by atoms with Crippen molar-refractivity contribution in [2.75, 3.05) is 37.1 Å². The second-order valence-corrected chi connectivity index (χ2v) is 24.1. The lowest BCUT2D eigenvalue weighted by Gasteiger charge is -2.42. The molecule has 0 spiro atoms. The molecule has 0 aromatic heterocycles. The van der Waals surface area contributed by atoms with Gasteiger partial charge in [-0.05, 0) is 0 Å². The molecule has 0 aliphatic heterocycles. The number of aliphatic hydroxyl groups excluding tert-OH is 3. The first-order valence-corrected chi connectivity index (χ1v) is 27.2. The minimum Gasteiger partial charge on any atom is -0.396 e. The quantitative estimate of drug-likeness (QED) is 0.0292. The van der Waals surface area contributed by atoms with Gasteiger partial charge >= 0.3 is 143 Å². The molecule has 0 heterocycles. The van der Waals surface area contributed by atoms with Crippen molar-refractivity contribution in [2.45, 2.75) is 169 Å². The van der Waals surface area contributed by atoms with Crippen LogP contribution in [-0.2, 0) is 30.4 Å². The summed E-state index contributed by atoms with van der Waals surface area (Å²) in [6, 6.07) is 0. The van der Waals surface area contributed by atoms with Gasteiger partial charge in [-0.15, -0.1) is 0 Å². The highest BCUT2D eigenvalue weighted by molar-refractivity contribution is 7.86. The van der Waals surface area contributed by atoms with E-state index in [1.165, 1.54) is 0 Å². The Hall–Kier alpha value is -3.96. The highest BCUT2D eigenvalue weighted by Gasteiger charge is 2.98. The molecule has 0 fully saturated rings. The van der Waals surface area contributed by atoms with Gasteiger partial charge in [-0.25, -0.2) is 0 Å². The Morgan fingerprint density at radius 2 is 0.297 bits per heavy atom. The van der Waals surface area contributed by atoms with E-state index in [0.717, 1.165) is 0 Å². The molecule has 0 atom stereocenters. The second kappa shape index (κ2) is 29.0. The molecular formula is C35H27F51O12S3. The van der Waals surface area contributed by atoms with Gasteiger partial charge in [-0.3, -0.25) is 13.7 Å². The number of hydrogen-bond acceptors (Lipinski definition) is 9. The Bertz CT molecular complexity index is 2770. The first-order chi connectivity index (χ1) is 42.6. The Labute approximate surface area is 520 Å². The maximum Gasteiger partial charge on any atom is 0.460 e. The van der Waals surface area contributed by atoms with Gasteiger partial charge in [0.1, 0.15) is 0 Å². The minimum absolute atomic E-state index is 0.181. The number of aliphatic hydroxyl groups is 3. The molecule has 66 heteroatoms. The van der Waals surface area contributed by atoms with Gasteiger partial charge in [-0.2, -0.15) is 249 Å². The third-order valence-electron chi connectivity index (χ3n) is 11.5. The minimum atomic E-state index is -8.74. The van der Waals surface area contributed by atoms with Crippen molar-refractivity contribution in [3.05, 3.63) is 0 Å². The maximum absolute atomic E-state index is 13.3. The van der Waals surface area contributed by atoms with Crippen molar-refractivity contribution in [1.82, 2.24) is 0 Å². The fraction of sp³-hybridized carbons (Fsp3) is 1.00. The molecule has 0 amide bonds. The van der Waals surface area contributed by atoms with Crippen LogP contribution >= 0.6 is 0 Å². The van der Waals surface area contributed by atoms with Crippen LogP contribution in [0.5, 0.6) is 0 Å². The van der Waals surface area contributed by atoms with Crippen LogP contribution in [0.15, 0.2) is 0 Å². The monoisotopic (exact) mass is 1700 g/mol. The average Bonchev–Trinajstić information content (AvgIpc) is 0.708. The molecule has 12 nitrogen and oxygen atoms in total. The van der Waals surface area contributed by atoms with Crippen molar-refractivity contribution >= 4 is 30.4 Å². The molecule has 0 rings (SSSR count). The molecule has 0 bridgehead atoms. The van der Waals surface area contributed by atoms with E-state index in [9.17, 15) is 249 Å². The van der Waals surface area contributed by atoms with E-state index in [-0.39, 0.29) is 19.8 Å². The van der Waals surface area contributed by atoms with Gasteiger partial charge in [0.15, 0.2) is 0 Å². The maximum atomic E-state index is 13.3. The standard InChI is InChI=1S/3C10H5F17O3S.C5H12O3/c3*11-3(12,1-2-31(28,29)30)4(13,14)5(15,16)6(17,18)7(19,20)8(21,22)9(23,24)10(25,26)27;1-5(2-6,3-7)4-8/h3*1-2H2,(H,28,29,30);6-8H,2-4H2,1H3. The third-order valence-corrected chi connectivity index (χ3v) is 13.7. The Morgan fingerprint density at radius 3 is 0.376 bits per heavy atom. The van der Waals surface area contributed by atoms with Crippen LogP contribution < -0.4 is 0 Å². The number of rotatable bonds is 30. The van der Waals surface area contributed by atoms with Gasteiger partial charge in [0, 0.05) is 24.7 Å². The predicted molar refractivity (Wildman–Crippen MR) is 215 cm³/mol. The molecule has 0 radical (unpaired) electrons. The van der Waals surface area contributed by atoms with Crippen molar-refractivity contribution < 1.29 is 278 Å². The summed E-state index contributed by atoms with van der Waals surface area (Å²) in [6.45, 7) is 1.06. The fourth-order valence-corrected chi connectivity index (χ4v) is 6.52. The molecule has 614 valence electrons. The molecular weight excluding hydrogens is 1680 g/mol. The molecule has 0 unspecified atom stereocenters. The topological polar surface area (TPSA) is 224 Å². The largest absolute Gasteiger partial charge is 0.460 e. The van der Waals surface area contributed by atoms with E-state index in [1.807, 2.05) is 0 Å². The van der Waals surface area contributed by atoms with Gasteiger partial charge in [0.25, 0.3) is 30.4 Å². The van der Waals surface area contributed by atoms with Gasteiger partial charge < -0.3 is 15.3 Å². The second-order valence-electron chi connectivity index (χ2n) is 19.3. The zero-order valence-corrected chi connectivity index (χ0v) is 47.9. The van der Waals surface area contributed by atoms with E-state index >= 15 is 0 Å². The summed E-state index contributed by atoms with van der Waals surface area (Å²) >= 11 is 0. The van der Waals surface area contributed by atoms with E-state index in [2.05, 4.69) is 0 Å². The molecule has 101 heavy (non-hydrogen) atoms. The Kier molecular flexibility index (Phi) is 29.7. The zero-order chi connectivity index (χ0) is 84.4. The Balaban J connectivity index is -0.000000660. The van der Waals surface area contributed by atoms with Crippen LogP contribution in [-0.4, -0.2) is 234 Å². The summed E-state index contributed by atoms with van der Waals surface area (Å²) in [5.41, 5.74) is -0.708. The van der Waals surface area contributed by atoms with Crippen LogP contribution in [0.4, 0.5) is 224 Å². The smallest absolute Gasteiger partial charge is 0.396 e. The highest BCUT2D eigenvalue weighted by atomic mass is 32.2. The zero-order valence-electron chi connectivity index (χ0n) is 45.5. The third kappa shape index (κ3) is 18.4. The Morgan fingerprint density at radius 1 is 0.198 bits per heavy atom. The van der Waals surface area contributed by atoms with Gasteiger partial charge in [0.05, 0.1) is 37.1 Å². The normalized spacial score (nSPS) is 16.2. The van der Waals surface area contributed by atoms with Gasteiger partial charge in [0.2, 0.25) is 0 Å². The van der Waals surface area contributed by atoms with Crippen LogP contribution in [0.3, 0.4) is 0 Å². The fourth-order valence-electron chi connectivity index (χ4n) is 4.98. The molecule has 6 N–H and O–H groups in total. The van der Waals surface area contributed by atoms with Crippen LogP contribution in [0, 0.1) is 5.41 Å². The number of hydrogen-bond donors (Lipinski definition) is 6. The van der Waals surface area contributed by atoms with Crippen molar-refractivity contribution in [1.29, 1.82) is 0 Å². The summed E-state index contributed by atoms with van der Waals surface area (Å²) < 4.78 is 741. The molecule has 0 saturated heterocycles. The van der Waals surface area contributed by atoms with Crippen molar-refractivity contribution in [3.63, 3.8) is 0 Å². The molecule has 0 aliphatic rings. The van der Waals surface area contributed by atoms with E-state index in [4.69, 9.17) is 29.0 Å². The van der Waals surface area contributed by atoms with E-state index in [0.29, 0.717) is 0 Å². The highest BCUT2D eigenvalue weighted by Crippen LogP contribution is 2.68. The lowest BCUT2D eigenvalue weighted by atomic mass is 9.88. The van der Waals surface area contributed by atoms with Crippen molar-refractivity contribution in [3.8, 4) is 0 Å². The number of alkyl halides is 51. The summed E-state index contributed by atoms with van der Waals surface area (Å²) in [4.78, 5) is 0. The molecule has 0 saturated carbocycles. The number of halogens is 51. The summed E-state index contributed by atoms with van der Waals surface area (Å²) in [5, 5.41) is 25.4. The van der Waals surface area contributed by atoms with Crippen LogP contribution in [0.1, 0.15) is 26.2 Å². The molecule has 0 aliphatic carbocycles. The predicted octanol–water partition coefficient (Wildman–Crippen LogP) is 14.8. The first-order valence-electron chi connectivity index (χ1n) is 22.4. The summed E-state index contributed by atoms with van der Waals surface area (Å²) in [6.07, 6.45) is -33.2. The lowest BCUT2D eigenvalue weighted by Crippen LogP contribution is -2.74. The van der Waals surface area contributed by atoms with Crippen molar-refractivity contribution in [2.24, 2.45) is 5.41 Å². The van der Waals surface area contributed by atoms with Crippen LogP contribution in [0.2, 0.25) is 0 Å².